The van der Waals surface area contributed by atoms with E-state index in [9.17, 15) is 4.39 Å². The maximum Gasteiger partial charge on any atom is 0.165 e. The van der Waals surface area contributed by atoms with Crippen molar-refractivity contribution < 1.29 is 9.13 Å². The average Bonchev–Trinajstić information content (AvgIpc) is 2.80. The first-order valence-corrected chi connectivity index (χ1v) is 6.38. The number of rotatable bonds is 4. The Morgan fingerprint density at radius 3 is 2.82 bits per heavy atom. The van der Waals surface area contributed by atoms with E-state index in [1.165, 1.54) is 6.07 Å². The van der Waals surface area contributed by atoms with Crippen molar-refractivity contribution in [1.29, 1.82) is 0 Å². The summed E-state index contributed by atoms with van der Waals surface area (Å²) in [6.07, 6.45) is 0. The Morgan fingerprint density at radius 1 is 1.35 bits per heavy atom. The van der Waals surface area contributed by atoms with E-state index in [2.05, 4.69) is 0 Å². The Bertz CT molecular complexity index is 510. The van der Waals surface area contributed by atoms with Crippen LogP contribution in [0.4, 0.5) is 4.39 Å². The van der Waals surface area contributed by atoms with Gasteiger partial charge in [-0.3, -0.25) is 0 Å². The van der Waals surface area contributed by atoms with E-state index in [-0.39, 0.29) is 5.82 Å². The molecule has 0 radical (unpaired) electrons. The monoisotopic (exact) mass is 251 g/mol. The lowest BCUT2D eigenvalue weighted by Crippen LogP contribution is -1.97. The molecule has 90 valence electrons. The first kappa shape index (κ1) is 12.1. The van der Waals surface area contributed by atoms with Crippen molar-refractivity contribution in [3.63, 3.8) is 0 Å². The van der Waals surface area contributed by atoms with E-state index in [1.54, 1.807) is 17.4 Å². The molecule has 0 aliphatic heterocycles. The summed E-state index contributed by atoms with van der Waals surface area (Å²) in [5.74, 6) is -0.0423. The van der Waals surface area contributed by atoms with Gasteiger partial charge in [0.05, 0.1) is 6.61 Å². The maximum absolute atomic E-state index is 13.7. The zero-order chi connectivity index (χ0) is 12.3. The minimum absolute atomic E-state index is 0.292. The van der Waals surface area contributed by atoms with Crippen molar-refractivity contribution in [3.05, 3.63) is 40.3 Å². The smallest absolute Gasteiger partial charge is 0.165 e. The zero-order valence-electron chi connectivity index (χ0n) is 9.57. The fraction of sp³-hybridized carbons (Fsp3) is 0.231. The van der Waals surface area contributed by atoms with Gasteiger partial charge >= 0.3 is 0 Å². The van der Waals surface area contributed by atoms with E-state index in [4.69, 9.17) is 10.5 Å². The number of halogens is 1. The Labute approximate surface area is 104 Å². The molecule has 1 heterocycles. The normalized spacial score (nSPS) is 10.5. The third-order valence-electron chi connectivity index (χ3n) is 2.50. The Kier molecular flexibility index (Phi) is 3.76. The van der Waals surface area contributed by atoms with Crippen LogP contribution in [0.25, 0.3) is 11.1 Å². The lowest BCUT2D eigenvalue weighted by atomic mass is 10.0. The van der Waals surface area contributed by atoms with Gasteiger partial charge < -0.3 is 10.5 Å². The highest BCUT2D eigenvalue weighted by Gasteiger charge is 2.09. The van der Waals surface area contributed by atoms with Gasteiger partial charge in [-0.25, -0.2) is 4.39 Å². The van der Waals surface area contributed by atoms with Crippen molar-refractivity contribution in [2.24, 2.45) is 5.73 Å². The van der Waals surface area contributed by atoms with Crippen molar-refractivity contribution in [3.8, 4) is 16.9 Å². The van der Waals surface area contributed by atoms with Gasteiger partial charge in [-0.05, 0) is 46.5 Å². The summed E-state index contributed by atoms with van der Waals surface area (Å²) < 4.78 is 18.9. The maximum atomic E-state index is 13.7. The van der Waals surface area contributed by atoms with Crippen molar-refractivity contribution >= 4 is 11.3 Å². The van der Waals surface area contributed by atoms with E-state index in [1.807, 2.05) is 23.8 Å². The molecule has 0 spiro atoms. The summed E-state index contributed by atoms with van der Waals surface area (Å²) in [6.45, 7) is 2.76. The highest BCUT2D eigenvalue weighted by atomic mass is 32.1. The van der Waals surface area contributed by atoms with E-state index >= 15 is 0 Å². The molecule has 0 atom stereocenters. The van der Waals surface area contributed by atoms with Gasteiger partial charge in [-0.15, -0.1) is 0 Å². The largest absolute Gasteiger partial charge is 0.491 e. The Morgan fingerprint density at radius 2 is 2.18 bits per heavy atom. The van der Waals surface area contributed by atoms with Crippen LogP contribution in [0, 0.1) is 5.82 Å². The third-order valence-corrected chi connectivity index (χ3v) is 3.30. The molecule has 2 aromatic rings. The van der Waals surface area contributed by atoms with Crippen LogP contribution >= 0.6 is 11.3 Å². The molecule has 17 heavy (non-hydrogen) atoms. The van der Waals surface area contributed by atoms with E-state index in [0.29, 0.717) is 18.9 Å². The first-order valence-electron chi connectivity index (χ1n) is 5.44. The summed E-state index contributed by atoms with van der Waals surface area (Å²) in [4.78, 5) is 0. The second kappa shape index (κ2) is 5.29. The topological polar surface area (TPSA) is 35.2 Å². The summed E-state index contributed by atoms with van der Waals surface area (Å²) >= 11 is 1.57. The van der Waals surface area contributed by atoms with Gasteiger partial charge in [0.1, 0.15) is 0 Å². The van der Waals surface area contributed by atoms with Crippen LogP contribution in [0.1, 0.15) is 12.5 Å². The van der Waals surface area contributed by atoms with Gasteiger partial charge in [-0.2, -0.15) is 11.3 Å². The van der Waals surface area contributed by atoms with Gasteiger partial charge in [-0.1, -0.05) is 6.07 Å². The molecular weight excluding hydrogens is 237 g/mol. The van der Waals surface area contributed by atoms with Gasteiger partial charge in [0, 0.05) is 6.54 Å². The number of benzene rings is 1. The Hall–Kier alpha value is -1.39. The molecule has 2 N–H and O–H groups in total. The Balaban J connectivity index is 2.37. The van der Waals surface area contributed by atoms with E-state index in [0.717, 1.165) is 16.7 Å². The van der Waals surface area contributed by atoms with Crippen LogP contribution in [-0.2, 0) is 6.54 Å². The fourth-order valence-corrected chi connectivity index (χ4v) is 2.55. The molecule has 0 aliphatic rings. The van der Waals surface area contributed by atoms with Crippen LogP contribution in [0.15, 0.2) is 29.0 Å². The summed E-state index contributed by atoms with van der Waals surface area (Å²) in [7, 11) is 0. The van der Waals surface area contributed by atoms with Crippen LogP contribution in [0.5, 0.6) is 5.75 Å². The minimum atomic E-state index is -0.335. The van der Waals surface area contributed by atoms with Crippen molar-refractivity contribution in [1.82, 2.24) is 0 Å². The number of hydrogen-bond acceptors (Lipinski definition) is 3. The molecule has 0 bridgehead atoms. The van der Waals surface area contributed by atoms with E-state index < -0.39 is 0 Å². The number of nitrogens with two attached hydrogens (primary N) is 1. The molecule has 0 aliphatic carbocycles. The molecule has 0 fully saturated rings. The standard InChI is InChI=1S/C13H14FNOS/c1-2-16-13-4-3-9(5-12(13)14)11-8-17-7-10(11)6-15/h3-5,7-8H,2,6,15H2,1H3. The molecule has 0 saturated carbocycles. The molecule has 0 unspecified atom stereocenters. The van der Waals surface area contributed by atoms with Gasteiger partial charge in [0.15, 0.2) is 11.6 Å². The molecule has 1 aromatic carbocycles. The minimum Gasteiger partial charge on any atom is -0.491 e. The second-order valence-electron chi connectivity index (χ2n) is 3.59. The van der Waals surface area contributed by atoms with Crippen LogP contribution in [-0.4, -0.2) is 6.61 Å². The summed E-state index contributed by atoms with van der Waals surface area (Å²) in [5, 5.41) is 3.97. The molecule has 2 rings (SSSR count). The molecule has 0 saturated heterocycles. The van der Waals surface area contributed by atoms with Crippen molar-refractivity contribution in [2.75, 3.05) is 6.61 Å². The molecular formula is C13H14FNOS. The predicted octanol–water partition coefficient (Wildman–Crippen LogP) is 3.41. The predicted molar refractivity (Wildman–Crippen MR) is 68.8 cm³/mol. The highest BCUT2D eigenvalue weighted by molar-refractivity contribution is 7.08. The van der Waals surface area contributed by atoms with Crippen molar-refractivity contribution in [2.45, 2.75) is 13.5 Å². The zero-order valence-corrected chi connectivity index (χ0v) is 10.4. The second-order valence-corrected chi connectivity index (χ2v) is 4.34. The van der Waals surface area contributed by atoms with Crippen LogP contribution < -0.4 is 10.5 Å². The molecule has 4 heteroatoms. The first-order chi connectivity index (χ1) is 8.26. The third kappa shape index (κ3) is 2.48. The van der Waals surface area contributed by atoms with Gasteiger partial charge in [0.25, 0.3) is 0 Å². The molecule has 0 amide bonds. The fourth-order valence-electron chi connectivity index (χ4n) is 1.68. The summed E-state index contributed by atoms with van der Waals surface area (Å²) in [5.41, 5.74) is 8.52. The number of thiophene rings is 1. The van der Waals surface area contributed by atoms with Gasteiger partial charge in [0.2, 0.25) is 0 Å². The van der Waals surface area contributed by atoms with Crippen LogP contribution in [0.3, 0.4) is 0 Å². The number of hydrogen-bond donors (Lipinski definition) is 1. The molecule has 1 aromatic heterocycles. The van der Waals surface area contributed by atoms with Crippen LogP contribution in [0.2, 0.25) is 0 Å². The number of ether oxygens (including phenoxy) is 1. The SMILES string of the molecule is CCOc1ccc(-c2cscc2CN)cc1F. The summed E-state index contributed by atoms with van der Waals surface area (Å²) in [6, 6.07) is 5.01. The quantitative estimate of drug-likeness (QED) is 0.903. The lowest BCUT2D eigenvalue weighted by Gasteiger charge is -2.07. The molecule has 2 nitrogen and oxygen atoms in total. The lowest BCUT2D eigenvalue weighted by molar-refractivity contribution is 0.321. The highest BCUT2D eigenvalue weighted by Crippen LogP contribution is 2.30. The average molecular weight is 251 g/mol.